The average Bonchev–Trinajstić information content (AvgIpc) is 2.98. The van der Waals surface area contributed by atoms with E-state index in [9.17, 15) is 24.1 Å². The maximum absolute atomic E-state index is 12.6. The van der Waals surface area contributed by atoms with Gasteiger partial charge in [-0.2, -0.15) is 9.68 Å². The third-order valence-electron chi connectivity index (χ3n) is 7.22. The Morgan fingerprint density at radius 1 is 0.476 bits per heavy atom. The lowest BCUT2D eigenvalue weighted by Gasteiger charge is -2.20. The van der Waals surface area contributed by atoms with Gasteiger partial charge in [-0.1, -0.05) is 12.8 Å². The minimum Gasteiger partial charge on any atom is -0.489 e. The molecule has 0 amide bonds. The summed E-state index contributed by atoms with van der Waals surface area (Å²) in [5.74, 6) is -1.58. The number of methoxy groups -OCH3 is 4. The maximum atomic E-state index is 12.6. The van der Waals surface area contributed by atoms with Gasteiger partial charge in [-0.05, 0) is 65.2 Å². The summed E-state index contributed by atoms with van der Waals surface area (Å²) in [5, 5.41) is 0.124. The van der Waals surface area contributed by atoms with E-state index >= 15 is 0 Å². The first kappa shape index (κ1) is 34.2. The van der Waals surface area contributed by atoms with Crippen LogP contribution in [0.3, 0.4) is 0 Å². The molecule has 0 aromatic carbocycles. The molecular weight excluding hydrogens is 550 g/mol. The normalized spacial score (nSPS) is 16.0. The van der Waals surface area contributed by atoms with Crippen LogP contribution in [0.2, 0.25) is 0 Å². The zero-order chi connectivity index (χ0) is 31.2. The lowest BCUT2D eigenvalue weighted by molar-refractivity contribution is -0.981. The van der Waals surface area contributed by atoms with E-state index in [1.807, 2.05) is 0 Å². The van der Waals surface area contributed by atoms with Crippen molar-refractivity contribution in [3.05, 3.63) is 50.2 Å². The number of carbonyl (C=O) groups is 4. The molecule has 0 saturated carbocycles. The van der Waals surface area contributed by atoms with Crippen molar-refractivity contribution in [2.75, 3.05) is 41.7 Å². The van der Waals surface area contributed by atoms with Crippen molar-refractivity contribution in [2.24, 2.45) is 0 Å². The second-order valence-electron chi connectivity index (χ2n) is 9.88. The SMILES string of the molecule is COC1=C(OC)C(=O)C(CCCCCCO[N+](=O)OCCCCCCC2=C(C)C(=O)C(OC)=C(OC)C2=O)=C(C)C1=O. The van der Waals surface area contributed by atoms with E-state index in [0.29, 0.717) is 60.8 Å². The Morgan fingerprint density at radius 2 is 0.786 bits per heavy atom. The number of allylic oxidation sites excluding steroid dienone is 4. The van der Waals surface area contributed by atoms with Gasteiger partial charge in [0.05, 0.1) is 28.4 Å². The summed E-state index contributed by atoms with van der Waals surface area (Å²) in [6, 6.07) is 0. The number of hydrogen-bond acceptors (Lipinski definition) is 11. The first-order chi connectivity index (χ1) is 20.1. The minimum atomic E-state index is -0.339. The number of Topliss-reactive ketones (excluding diaryl/α,β-unsaturated/α-hetero) is 4. The Morgan fingerprint density at radius 3 is 1.12 bits per heavy atom. The van der Waals surface area contributed by atoms with Gasteiger partial charge in [0.15, 0.2) is 13.2 Å². The predicted octanol–water partition coefficient (Wildman–Crippen LogP) is 4.47. The van der Waals surface area contributed by atoms with Crippen LogP contribution in [0.1, 0.15) is 78.1 Å². The zero-order valence-electron chi connectivity index (χ0n) is 25.4. The number of carbonyl (C=O) groups excluding carboxylic acids is 4. The first-order valence-electron chi connectivity index (χ1n) is 14.1. The van der Waals surface area contributed by atoms with E-state index < -0.39 is 0 Å². The molecule has 12 heteroatoms. The molecule has 2 aliphatic carbocycles. The Bertz CT molecular complexity index is 1100. The molecule has 0 atom stereocenters. The molecule has 0 aromatic heterocycles. The number of rotatable bonds is 20. The summed E-state index contributed by atoms with van der Waals surface area (Å²) in [7, 11) is 5.33. The topological polar surface area (TPSA) is 144 Å². The van der Waals surface area contributed by atoms with Crippen LogP contribution in [0, 0.1) is 4.91 Å². The summed E-state index contributed by atoms with van der Waals surface area (Å²) in [5.41, 5.74) is 1.64. The van der Waals surface area contributed by atoms with Gasteiger partial charge in [0.2, 0.25) is 46.2 Å². The molecule has 0 radical (unpaired) electrons. The van der Waals surface area contributed by atoms with Gasteiger partial charge in [-0.15, -0.1) is 0 Å². The van der Waals surface area contributed by atoms with Crippen LogP contribution in [0.4, 0.5) is 0 Å². The van der Waals surface area contributed by atoms with Gasteiger partial charge >= 0.3 is 5.09 Å². The molecular formula is C30H42NO11+. The van der Waals surface area contributed by atoms with E-state index in [0.717, 1.165) is 25.7 Å². The lowest BCUT2D eigenvalue weighted by Crippen LogP contribution is -2.25. The molecule has 0 unspecified atom stereocenters. The van der Waals surface area contributed by atoms with Crippen LogP contribution in [0.25, 0.3) is 0 Å². The van der Waals surface area contributed by atoms with E-state index in [2.05, 4.69) is 0 Å². The molecule has 0 spiro atoms. The van der Waals surface area contributed by atoms with Crippen molar-refractivity contribution in [2.45, 2.75) is 78.1 Å². The van der Waals surface area contributed by atoms with Crippen molar-refractivity contribution >= 4 is 23.1 Å². The average molecular weight is 593 g/mol. The highest BCUT2D eigenvalue weighted by Gasteiger charge is 2.35. The molecule has 232 valence electrons. The van der Waals surface area contributed by atoms with Gasteiger partial charge in [0.1, 0.15) is 4.91 Å². The number of nitrogens with zero attached hydrogens (tertiary/aromatic N) is 1. The van der Waals surface area contributed by atoms with E-state index in [4.69, 9.17) is 28.6 Å². The monoisotopic (exact) mass is 592 g/mol. The van der Waals surface area contributed by atoms with Crippen LogP contribution in [-0.2, 0) is 47.8 Å². The quantitative estimate of drug-likeness (QED) is 0.112. The molecule has 12 nitrogen and oxygen atoms in total. The van der Waals surface area contributed by atoms with Crippen molar-refractivity contribution in [3.8, 4) is 0 Å². The molecule has 42 heavy (non-hydrogen) atoms. The van der Waals surface area contributed by atoms with E-state index in [-0.39, 0.29) is 64.5 Å². The molecule has 0 fully saturated rings. The minimum absolute atomic E-state index is 0.0616. The van der Waals surface area contributed by atoms with Crippen molar-refractivity contribution < 1.29 is 52.9 Å². The molecule has 0 aliphatic heterocycles. The van der Waals surface area contributed by atoms with Crippen LogP contribution in [0.15, 0.2) is 45.3 Å². The summed E-state index contributed by atoms with van der Waals surface area (Å²) in [6.45, 7) is 3.62. The fraction of sp³-hybridized carbons (Fsp3) is 0.600. The number of ketones is 4. The Hall–Kier alpha value is -3.96. The zero-order valence-corrected chi connectivity index (χ0v) is 25.4. The third-order valence-corrected chi connectivity index (χ3v) is 7.22. The fourth-order valence-corrected chi connectivity index (χ4v) is 4.82. The highest BCUT2D eigenvalue weighted by molar-refractivity contribution is 6.24. The van der Waals surface area contributed by atoms with Crippen LogP contribution < -0.4 is 0 Å². The van der Waals surface area contributed by atoms with Gasteiger partial charge < -0.3 is 18.9 Å². The van der Waals surface area contributed by atoms with Crippen LogP contribution >= 0.6 is 0 Å². The Balaban J connectivity index is 1.55. The number of unbranched alkanes of at least 4 members (excludes halogenated alkanes) is 6. The fourth-order valence-electron chi connectivity index (χ4n) is 4.82. The Kier molecular flexibility index (Phi) is 13.9. The first-order valence-corrected chi connectivity index (χ1v) is 14.1. The van der Waals surface area contributed by atoms with Crippen molar-refractivity contribution in [1.82, 2.24) is 0 Å². The van der Waals surface area contributed by atoms with Gasteiger partial charge in [0.25, 0.3) is 0 Å². The Labute approximate surface area is 246 Å². The smallest absolute Gasteiger partial charge is 0.477 e. The molecule has 0 saturated heterocycles. The van der Waals surface area contributed by atoms with Gasteiger partial charge in [0, 0.05) is 22.3 Å². The second-order valence-corrected chi connectivity index (χ2v) is 9.88. The second kappa shape index (κ2) is 17.1. The van der Waals surface area contributed by atoms with Crippen LogP contribution in [0.5, 0.6) is 0 Å². The predicted molar refractivity (Wildman–Crippen MR) is 149 cm³/mol. The molecule has 0 aromatic rings. The highest BCUT2D eigenvalue weighted by atomic mass is 17.0. The lowest BCUT2D eigenvalue weighted by atomic mass is 9.89. The van der Waals surface area contributed by atoms with Crippen molar-refractivity contribution in [1.29, 1.82) is 0 Å². The summed E-state index contributed by atoms with van der Waals surface area (Å²) in [4.78, 5) is 71.9. The van der Waals surface area contributed by atoms with Gasteiger partial charge in [-0.3, -0.25) is 19.2 Å². The van der Waals surface area contributed by atoms with E-state index in [1.54, 1.807) is 13.8 Å². The van der Waals surface area contributed by atoms with Gasteiger partial charge in [-0.25, -0.2) is 0 Å². The number of ether oxygens (including phenoxy) is 4. The van der Waals surface area contributed by atoms with Crippen molar-refractivity contribution in [3.63, 3.8) is 0 Å². The molecule has 2 aliphatic rings. The summed E-state index contributed by atoms with van der Waals surface area (Å²) < 4.78 is 20.3. The molecule has 0 bridgehead atoms. The largest absolute Gasteiger partial charge is 0.489 e. The standard InChI is InChI=1S/C30H42NO11/c1-19-21(25(34)29(39-5)27(37-3)23(19)32)15-11-7-9-13-17-41-31(36)42-18-14-10-8-12-16-22-20(2)24(33)28(38-4)30(40-6)26(22)35/h7-18H2,1-6H3/q+1. The molecule has 0 heterocycles. The molecule has 2 rings (SSSR count). The maximum Gasteiger partial charge on any atom is 0.477 e. The number of hydrogen-bond donors (Lipinski definition) is 0. The molecule has 0 N–H and O–H groups in total. The van der Waals surface area contributed by atoms with Crippen LogP contribution in [-0.4, -0.2) is 69.9 Å². The van der Waals surface area contributed by atoms with E-state index in [1.165, 1.54) is 28.4 Å². The summed E-state index contributed by atoms with van der Waals surface area (Å²) in [6.07, 6.45) is 6.68. The summed E-state index contributed by atoms with van der Waals surface area (Å²) >= 11 is 0. The third kappa shape index (κ3) is 8.53. The highest BCUT2D eigenvalue weighted by Crippen LogP contribution is 2.30.